The van der Waals surface area contributed by atoms with Crippen molar-refractivity contribution in [1.29, 1.82) is 0 Å². The minimum Gasteiger partial charge on any atom is -0.449 e. The van der Waals surface area contributed by atoms with Crippen molar-refractivity contribution in [2.75, 3.05) is 5.32 Å². The van der Waals surface area contributed by atoms with Crippen molar-refractivity contribution in [3.8, 4) is 0 Å². The van der Waals surface area contributed by atoms with Gasteiger partial charge < -0.3 is 10.1 Å². The van der Waals surface area contributed by atoms with Gasteiger partial charge in [-0.3, -0.25) is 4.79 Å². The summed E-state index contributed by atoms with van der Waals surface area (Å²) >= 11 is 7.85. The van der Waals surface area contributed by atoms with E-state index in [9.17, 15) is 14.0 Å². The zero-order chi connectivity index (χ0) is 17.0. The van der Waals surface area contributed by atoms with Gasteiger partial charge in [-0.25, -0.2) is 9.18 Å². The van der Waals surface area contributed by atoms with Crippen LogP contribution in [0.3, 0.4) is 0 Å². The van der Waals surface area contributed by atoms with Crippen molar-refractivity contribution in [3.63, 3.8) is 0 Å². The minimum absolute atomic E-state index is 0.0643. The largest absolute Gasteiger partial charge is 0.449 e. The molecule has 2 aromatic rings. The van der Waals surface area contributed by atoms with Crippen LogP contribution >= 0.6 is 34.2 Å². The summed E-state index contributed by atoms with van der Waals surface area (Å²) in [6.45, 7) is 1.44. The Morgan fingerprint density at radius 2 is 1.96 bits per heavy atom. The molecule has 7 heteroatoms. The Labute approximate surface area is 151 Å². The molecule has 0 aromatic heterocycles. The van der Waals surface area contributed by atoms with E-state index in [1.54, 1.807) is 24.3 Å². The highest BCUT2D eigenvalue weighted by Gasteiger charge is 2.21. The van der Waals surface area contributed by atoms with Crippen molar-refractivity contribution in [1.82, 2.24) is 0 Å². The van der Waals surface area contributed by atoms with Gasteiger partial charge in [0, 0.05) is 3.57 Å². The monoisotopic (exact) mass is 447 g/mol. The molecule has 1 atom stereocenters. The second kappa shape index (κ2) is 7.74. The van der Waals surface area contributed by atoms with Gasteiger partial charge >= 0.3 is 5.97 Å². The number of carbonyl (C=O) groups is 2. The van der Waals surface area contributed by atoms with E-state index in [0.29, 0.717) is 5.56 Å². The molecule has 1 N–H and O–H groups in total. The third-order valence-electron chi connectivity index (χ3n) is 2.94. The topological polar surface area (TPSA) is 55.4 Å². The number of benzene rings is 2. The Morgan fingerprint density at radius 1 is 1.26 bits per heavy atom. The van der Waals surface area contributed by atoms with Gasteiger partial charge in [-0.15, -0.1) is 0 Å². The van der Waals surface area contributed by atoms with Crippen LogP contribution in [0.5, 0.6) is 0 Å². The van der Waals surface area contributed by atoms with Crippen LogP contribution in [0.2, 0.25) is 5.02 Å². The van der Waals surface area contributed by atoms with Crippen LogP contribution in [0.15, 0.2) is 42.5 Å². The standard InChI is InChI=1S/C16H12ClFINO3/c1-9(23-16(22)11-4-2-3-5-13(11)19)15(21)20-14-7-6-10(18)8-12(14)17/h2-9H,1H3,(H,20,21). The first kappa shape index (κ1) is 17.7. The molecule has 4 nitrogen and oxygen atoms in total. The van der Waals surface area contributed by atoms with Crippen LogP contribution in [0.1, 0.15) is 17.3 Å². The van der Waals surface area contributed by atoms with E-state index in [2.05, 4.69) is 5.32 Å². The van der Waals surface area contributed by atoms with Crippen molar-refractivity contribution in [3.05, 3.63) is 62.4 Å². The predicted molar refractivity (Wildman–Crippen MR) is 94.1 cm³/mol. The molecule has 23 heavy (non-hydrogen) atoms. The van der Waals surface area contributed by atoms with Gasteiger partial charge in [-0.2, -0.15) is 0 Å². The Hall–Kier alpha value is -1.67. The fraction of sp³-hybridized carbons (Fsp3) is 0.125. The highest BCUT2D eigenvalue weighted by Crippen LogP contribution is 2.23. The molecule has 2 rings (SSSR count). The van der Waals surface area contributed by atoms with Crippen LogP contribution in [-0.4, -0.2) is 18.0 Å². The summed E-state index contributed by atoms with van der Waals surface area (Å²) in [5, 5.41) is 2.56. The first-order chi connectivity index (χ1) is 10.9. The summed E-state index contributed by atoms with van der Waals surface area (Å²) in [6.07, 6.45) is -1.03. The minimum atomic E-state index is -1.03. The molecule has 0 bridgehead atoms. The molecule has 0 radical (unpaired) electrons. The fourth-order valence-corrected chi connectivity index (χ4v) is 2.55. The van der Waals surface area contributed by atoms with Crippen LogP contribution in [-0.2, 0) is 9.53 Å². The number of hydrogen-bond donors (Lipinski definition) is 1. The lowest BCUT2D eigenvalue weighted by Gasteiger charge is -2.14. The van der Waals surface area contributed by atoms with E-state index in [0.717, 1.165) is 9.64 Å². The molecule has 0 fully saturated rings. The summed E-state index contributed by atoms with van der Waals surface area (Å²) in [7, 11) is 0. The van der Waals surface area contributed by atoms with Gasteiger partial charge in [0.1, 0.15) is 5.82 Å². The molecule has 0 saturated carbocycles. The average molecular weight is 448 g/mol. The molecule has 1 unspecified atom stereocenters. The molecule has 0 heterocycles. The lowest BCUT2D eigenvalue weighted by Crippen LogP contribution is -2.30. The van der Waals surface area contributed by atoms with Crippen molar-refractivity contribution >= 4 is 51.8 Å². The zero-order valence-corrected chi connectivity index (χ0v) is 14.9. The first-order valence-corrected chi connectivity index (χ1v) is 8.05. The van der Waals surface area contributed by atoms with Gasteiger partial charge in [-0.05, 0) is 59.8 Å². The highest BCUT2D eigenvalue weighted by molar-refractivity contribution is 14.1. The van der Waals surface area contributed by atoms with Crippen molar-refractivity contribution in [2.24, 2.45) is 0 Å². The van der Waals surface area contributed by atoms with Crippen molar-refractivity contribution < 1.29 is 18.7 Å². The average Bonchev–Trinajstić information content (AvgIpc) is 2.50. The number of carbonyl (C=O) groups excluding carboxylic acids is 2. The summed E-state index contributed by atoms with van der Waals surface area (Å²) in [6, 6.07) is 10.5. The normalized spacial score (nSPS) is 11.7. The van der Waals surface area contributed by atoms with E-state index in [1.807, 2.05) is 22.6 Å². The number of halogens is 3. The molecule has 1 amide bonds. The Morgan fingerprint density at radius 3 is 2.61 bits per heavy atom. The Kier molecular flexibility index (Phi) is 5.95. The molecule has 0 aliphatic carbocycles. The van der Waals surface area contributed by atoms with Gasteiger partial charge in [0.25, 0.3) is 5.91 Å². The first-order valence-electron chi connectivity index (χ1n) is 6.60. The van der Waals surface area contributed by atoms with E-state index in [4.69, 9.17) is 16.3 Å². The number of esters is 1. The van der Waals surface area contributed by atoms with E-state index >= 15 is 0 Å². The molecule has 0 saturated heterocycles. The van der Waals surface area contributed by atoms with Gasteiger partial charge in [0.05, 0.1) is 16.3 Å². The lowest BCUT2D eigenvalue weighted by molar-refractivity contribution is -0.123. The number of rotatable bonds is 4. The molecule has 0 aliphatic rings. The van der Waals surface area contributed by atoms with Gasteiger partial charge in [0.15, 0.2) is 6.10 Å². The van der Waals surface area contributed by atoms with Crippen molar-refractivity contribution in [2.45, 2.75) is 13.0 Å². The summed E-state index contributed by atoms with van der Waals surface area (Å²) in [5.74, 6) is -1.66. The van der Waals surface area contributed by atoms with Crippen LogP contribution in [0.25, 0.3) is 0 Å². The molecule has 0 aliphatic heterocycles. The molecular weight excluding hydrogens is 436 g/mol. The van der Waals surface area contributed by atoms with Gasteiger partial charge in [0.2, 0.25) is 0 Å². The maximum absolute atomic E-state index is 13.0. The van der Waals surface area contributed by atoms with Crippen LogP contribution in [0.4, 0.5) is 10.1 Å². The quantitative estimate of drug-likeness (QED) is 0.563. The maximum Gasteiger partial charge on any atom is 0.339 e. The third kappa shape index (κ3) is 4.65. The molecule has 2 aromatic carbocycles. The molecule has 0 spiro atoms. The van der Waals surface area contributed by atoms with Crippen LogP contribution < -0.4 is 5.32 Å². The fourth-order valence-electron chi connectivity index (χ4n) is 1.73. The smallest absolute Gasteiger partial charge is 0.339 e. The summed E-state index contributed by atoms with van der Waals surface area (Å²) in [4.78, 5) is 24.1. The second-order valence-electron chi connectivity index (χ2n) is 4.64. The number of hydrogen-bond acceptors (Lipinski definition) is 3. The number of anilines is 1. The summed E-state index contributed by atoms with van der Waals surface area (Å²) < 4.78 is 18.8. The summed E-state index contributed by atoms with van der Waals surface area (Å²) in [5.41, 5.74) is 0.628. The molecule has 120 valence electrons. The number of ether oxygens (including phenoxy) is 1. The Bertz CT molecular complexity index is 754. The lowest BCUT2D eigenvalue weighted by atomic mass is 10.2. The molecular formula is C16H12ClFINO3. The third-order valence-corrected chi connectivity index (χ3v) is 4.19. The van der Waals surface area contributed by atoms with Gasteiger partial charge in [-0.1, -0.05) is 23.7 Å². The Balaban J connectivity index is 2.03. The number of amides is 1. The predicted octanol–water partition coefficient (Wildman–Crippen LogP) is 4.27. The second-order valence-corrected chi connectivity index (χ2v) is 6.21. The van der Waals surface area contributed by atoms with E-state index in [1.165, 1.54) is 19.1 Å². The SMILES string of the molecule is CC(OC(=O)c1ccccc1I)C(=O)Nc1ccc(F)cc1Cl. The number of nitrogens with one attached hydrogen (secondary N) is 1. The van der Waals surface area contributed by atoms with E-state index in [-0.39, 0.29) is 10.7 Å². The maximum atomic E-state index is 13.0. The zero-order valence-electron chi connectivity index (χ0n) is 12.0. The highest BCUT2D eigenvalue weighted by atomic mass is 127. The van der Waals surface area contributed by atoms with Crippen LogP contribution in [0, 0.1) is 9.39 Å². The van der Waals surface area contributed by atoms with E-state index < -0.39 is 23.8 Å².